The van der Waals surface area contributed by atoms with Gasteiger partial charge in [-0.15, -0.1) is 5.54 Å². The summed E-state index contributed by atoms with van der Waals surface area (Å²) in [5.74, 6) is 3.67. The molecule has 0 aromatic heterocycles. The van der Waals surface area contributed by atoms with Crippen LogP contribution in [0.2, 0.25) is 19.6 Å². The number of rotatable bonds is 4. The van der Waals surface area contributed by atoms with Gasteiger partial charge in [0, 0.05) is 18.6 Å². The molecule has 3 fully saturated rings. The van der Waals surface area contributed by atoms with Crippen LogP contribution in [0.4, 0.5) is 0 Å². The third-order valence-corrected chi connectivity index (χ3v) is 5.86. The lowest BCUT2D eigenvalue weighted by molar-refractivity contribution is 0.677. The minimum absolute atomic E-state index is 0.175. The molecule has 0 unspecified atom stereocenters. The highest BCUT2D eigenvalue weighted by atomic mass is 28.3. The smallest absolute Gasteiger partial charge is 0.129 e. The van der Waals surface area contributed by atoms with Gasteiger partial charge >= 0.3 is 0 Å². The third kappa shape index (κ3) is 5.99. The zero-order valence-electron chi connectivity index (χ0n) is 16.4. The highest BCUT2D eigenvalue weighted by molar-refractivity contribution is 6.83. The molecule has 3 aliphatic rings. The van der Waals surface area contributed by atoms with Crippen molar-refractivity contribution in [3.8, 4) is 11.5 Å². The van der Waals surface area contributed by atoms with Gasteiger partial charge in [0.1, 0.15) is 8.07 Å². The summed E-state index contributed by atoms with van der Waals surface area (Å²) in [6.07, 6.45) is 7.71. The van der Waals surface area contributed by atoms with E-state index in [9.17, 15) is 0 Å². The maximum absolute atomic E-state index is 5.22. The summed E-state index contributed by atoms with van der Waals surface area (Å²) in [4.78, 5) is 0. The van der Waals surface area contributed by atoms with Crippen LogP contribution in [-0.2, 0) is 12.0 Å². The van der Waals surface area contributed by atoms with E-state index in [2.05, 4.69) is 61.5 Å². The fraction of sp³-hybridized carbons (Fsp3) is 0.636. The quantitative estimate of drug-likeness (QED) is 0.626. The number of benzene rings is 1. The fourth-order valence-corrected chi connectivity index (χ4v) is 3.48. The molecule has 0 radical (unpaired) electrons. The Hall–Kier alpha value is -1.08. The van der Waals surface area contributed by atoms with Gasteiger partial charge in [-0.05, 0) is 56.6 Å². The Morgan fingerprint density at radius 3 is 2.28 bits per heavy atom. The molecule has 1 aromatic carbocycles. The monoisotopic (exact) mass is 354 g/mol. The average Bonchev–Trinajstić information content (AvgIpc) is 3.39. The summed E-state index contributed by atoms with van der Waals surface area (Å²) < 4.78 is 0. The van der Waals surface area contributed by atoms with Gasteiger partial charge in [0.25, 0.3) is 0 Å². The summed E-state index contributed by atoms with van der Waals surface area (Å²) in [6.45, 7) is 10.2. The molecule has 3 N–H and O–H groups in total. The molecule has 0 bridgehead atoms. The van der Waals surface area contributed by atoms with E-state index in [0.29, 0.717) is 6.04 Å². The zero-order chi connectivity index (χ0) is 18.1. The second-order valence-electron chi connectivity index (χ2n) is 9.24. The van der Waals surface area contributed by atoms with Crippen molar-refractivity contribution < 1.29 is 0 Å². The molecule has 25 heavy (non-hydrogen) atoms. The summed E-state index contributed by atoms with van der Waals surface area (Å²) in [5.41, 5.74) is 13.3. The first-order valence-corrected chi connectivity index (χ1v) is 13.4. The first-order valence-electron chi connectivity index (χ1n) is 9.91. The van der Waals surface area contributed by atoms with Crippen molar-refractivity contribution in [2.24, 2.45) is 5.73 Å². The van der Waals surface area contributed by atoms with Crippen LogP contribution in [0, 0.1) is 18.4 Å². The highest BCUT2D eigenvalue weighted by Gasteiger charge is 2.44. The van der Waals surface area contributed by atoms with Gasteiger partial charge in [0.15, 0.2) is 0 Å². The summed E-state index contributed by atoms with van der Waals surface area (Å²) in [7, 11) is -1.29. The predicted molar refractivity (Wildman–Crippen MR) is 110 cm³/mol. The number of hydrogen-bond acceptors (Lipinski definition) is 2. The van der Waals surface area contributed by atoms with E-state index in [1.807, 2.05) is 0 Å². The Morgan fingerprint density at radius 1 is 1.16 bits per heavy atom. The summed E-state index contributed by atoms with van der Waals surface area (Å²) >= 11 is 0. The zero-order valence-corrected chi connectivity index (χ0v) is 17.4. The lowest BCUT2D eigenvalue weighted by Gasteiger charge is -2.17. The minimum atomic E-state index is -1.29. The van der Waals surface area contributed by atoms with E-state index in [0.717, 1.165) is 12.6 Å². The molecule has 0 saturated heterocycles. The first kappa shape index (κ1) is 18.7. The van der Waals surface area contributed by atoms with E-state index < -0.39 is 8.07 Å². The number of hydrogen-bond donors (Lipinski definition) is 2. The van der Waals surface area contributed by atoms with Gasteiger partial charge in [-0.25, -0.2) is 0 Å². The van der Waals surface area contributed by atoms with Crippen molar-refractivity contribution in [1.29, 1.82) is 0 Å². The molecule has 3 aliphatic carbocycles. The predicted octanol–water partition coefficient (Wildman–Crippen LogP) is 4.27. The molecular weight excluding hydrogens is 320 g/mol. The largest absolute Gasteiger partial charge is 0.328 e. The number of nitrogens with two attached hydrogens (primary N) is 1. The molecule has 0 amide bonds. The van der Waals surface area contributed by atoms with Gasteiger partial charge in [-0.3, -0.25) is 0 Å². The molecule has 3 saturated carbocycles. The van der Waals surface area contributed by atoms with Crippen LogP contribution in [0.1, 0.15) is 55.2 Å². The lowest BCUT2D eigenvalue weighted by Crippen LogP contribution is -2.20. The Balaban J connectivity index is 0.000000401. The van der Waals surface area contributed by atoms with E-state index in [1.165, 1.54) is 55.2 Å². The van der Waals surface area contributed by atoms with Crippen LogP contribution in [0.15, 0.2) is 18.2 Å². The summed E-state index contributed by atoms with van der Waals surface area (Å²) in [5, 5.41) is 3.67. The molecule has 0 atom stereocenters. The molecule has 2 nitrogen and oxygen atoms in total. The number of nitrogens with one attached hydrogen (secondary N) is 1. The van der Waals surface area contributed by atoms with Crippen molar-refractivity contribution in [2.45, 2.75) is 89.1 Å². The van der Waals surface area contributed by atoms with E-state index in [4.69, 9.17) is 5.73 Å². The van der Waals surface area contributed by atoms with Crippen LogP contribution in [-0.4, -0.2) is 20.2 Å². The molecule has 0 aliphatic heterocycles. The second kappa shape index (κ2) is 7.27. The Morgan fingerprint density at radius 2 is 1.80 bits per heavy atom. The van der Waals surface area contributed by atoms with Crippen molar-refractivity contribution in [3.05, 3.63) is 34.9 Å². The van der Waals surface area contributed by atoms with Crippen molar-refractivity contribution >= 4 is 8.07 Å². The van der Waals surface area contributed by atoms with Gasteiger partial charge in [-0.2, -0.15) is 0 Å². The van der Waals surface area contributed by atoms with Gasteiger partial charge < -0.3 is 11.1 Å². The maximum atomic E-state index is 5.22. The molecular formula is C22H34N2Si. The normalized spacial score (nSPS) is 20.8. The highest BCUT2D eigenvalue weighted by Crippen LogP contribution is 2.49. The van der Waals surface area contributed by atoms with Crippen LogP contribution in [0.25, 0.3) is 0 Å². The van der Waals surface area contributed by atoms with Gasteiger partial charge in [-0.1, -0.05) is 49.3 Å². The second-order valence-corrected chi connectivity index (χ2v) is 14.0. The van der Waals surface area contributed by atoms with Crippen LogP contribution < -0.4 is 11.1 Å². The molecule has 0 spiro atoms. The molecule has 4 rings (SSSR count). The standard InChI is InChI=1S/C19H27NSi.C3H7N/c1-15-5-8-18(16(13-15)14-20-17-6-7-17)19(9-10-19)11-12-21(2,3)4;4-3-1-2-3/h5,8,13,17,20H,6-7,9-10,14H2,1-4H3;3H,1-2,4H2. The molecule has 3 heteroatoms. The topological polar surface area (TPSA) is 38.0 Å². The van der Waals surface area contributed by atoms with Gasteiger partial charge in [0.2, 0.25) is 0 Å². The van der Waals surface area contributed by atoms with E-state index in [1.54, 1.807) is 0 Å². The Kier molecular flexibility index (Phi) is 5.44. The maximum Gasteiger partial charge on any atom is 0.129 e. The van der Waals surface area contributed by atoms with Crippen LogP contribution in [0.5, 0.6) is 0 Å². The SMILES string of the molecule is Cc1ccc(C2(C#C[Si](C)(C)C)CC2)c(CNC2CC2)c1.NC1CC1. The number of aryl methyl sites for hydroxylation is 1. The van der Waals surface area contributed by atoms with Crippen LogP contribution >= 0.6 is 0 Å². The van der Waals surface area contributed by atoms with Crippen LogP contribution in [0.3, 0.4) is 0 Å². The molecule has 0 heterocycles. The summed E-state index contributed by atoms with van der Waals surface area (Å²) in [6, 6.07) is 8.31. The molecule has 1 aromatic rings. The van der Waals surface area contributed by atoms with Crippen molar-refractivity contribution in [2.75, 3.05) is 0 Å². The van der Waals surface area contributed by atoms with Gasteiger partial charge in [0.05, 0.1) is 5.41 Å². The van der Waals surface area contributed by atoms with Crippen molar-refractivity contribution in [3.63, 3.8) is 0 Å². The minimum Gasteiger partial charge on any atom is -0.328 e. The van der Waals surface area contributed by atoms with Crippen molar-refractivity contribution in [1.82, 2.24) is 5.32 Å². The first-order chi connectivity index (χ1) is 11.8. The fourth-order valence-electron chi connectivity index (χ4n) is 2.87. The Labute approximate surface area is 155 Å². The lowest BCUT2D eigenvalue weighted by atomic mass is 9.91. The van der Waals surface area contributed by atoms with E-state index >= 15 is 0 Å². The Bertz CT molecular complexity index is 665. The average molecular weight is 355 g/mol. The third-order valence-electron chi connectivity index (χ3n) is 4.98. The molecule has 136 valence electrons. The van der Waals surface area contributed by atoms with E-state index in [-0.39, 0.29) is 5.41 Å².